The van der Waals surface area contributed by atoms with Gasteiger partial charge in [0.1, 0.15) is 12.2 Å². The first-order valence-electron chi connectivity index (χ1n) is 3.36. The van der Waals surface area contributed by atoms with Gasteiger partial charge in [0.25, 0.3) is 0 Å². The molecule has 1 N–H and O–H groups in total. The lowest BCUT2D eigenvalue weighted by molar-refractivity contribution is 0.745. The number of H-pyrrole nitrogens is 1. The van der Waals surface area contributed by atoms with Gasteiger partial charge in [-0.25, -0.2) is 4.98 Å². The van der Waals surface area contributed by atoms with Gasteiger partial charge in [0, 0.05) is 5.92 Å². The van der Waals surface area contributed by atoms with E-state index in [4.69, 9.17) is 0 Å². The highest BCUT2D eigenvalue weighted by Gasteiger charge is 2.05. The average molecular weight is 137 g/mol. The zero-order valence-corrected chi connectivity index (χ0v) is 6.04. The summed E-state index contributed by atoms with van der Waals surface area (Å²) in [4.78, 5) is 4.02. The number of hydrogen-bond acceptors (Lipinski definition) is 2. The van der Waals surface area contributed by atoms with Crippen LogP contribution >= 0.6 is 0 Å². The fraction of sp³-hybridized carbons (Fsp3) is 0.429. The van der Waals surface area contributed by atoms with Crippen molar-refractivity contribution in [1.82, 2.24) is 15.2 Å². The molecular weight excluding hydrogens is 126 g/mol. The highest BCUT2D eigenvalue weighted by Crippen LogP contribution is 2.14. The smallest absolute Gasteiger partial charge is 0.137 e. The number of hydrogen-bond donors (Lipinski definition) is 1. The third-order valence-electron chi connectivity index (χ3n) is 1.51. The molecule has 0 aliphatic carbocycles. The van der Waals surface area contributed by atoms with Gasteiger partial charge < -0.3 is 0 Å². The Labute approximate surface area is 60.2 Å². The molecule has 3 heteroatoms. The lowest BCUT2D eigenvalue weighted by atomic mass is 10.1. The number of aromatic amines is 1. The number of allylic oxidation sites excluding steroid dienone is 1. The standard InChI is InChI=1S/C7H11N3/c1-3-6(4-2)7-8-5-9-10-7/h3,5-6H,1,4H2,2H3,(H,8,9,10). The molecule has 3 nitrogen and oxygen atoms in total. The molecule has 0 amide bonds. The van der Waals surface area contributed by atoms with Gasteiger partial charge in [0.2, 0.25) is 0 Å². The van der Waals surface area contributed by atoms with Gasteiger partial charge in [-0.2, -0.15) is 5.10 Å². The summed E-state index contributed by atoms with van der Waals surface area (Å²) in [6.07, 6.45) is 4.40. The molecule has 0 bridgehead atoms. The average Bonchev–Trinajstić information content (AvgIpc) is 2.43. The summed E-state index contributed by atoms with van der Waals surface area (Å²) in [5, 5.41) is 6.56. The Balaban J connectivity index is 2.73. The van der Waals surface area contributed by atoms with E-state index in [1.165, 1.54) is 6.33 Å². The van der Waals surface area contributed by atoms with Crippen molar-refractivity contribution in [2.24, 2.45) is 0 Å². The summed E-state index contributed by atoms with van der Waals surface area (Å²) in [6.45, 7) is 5.79. The fourth-order valence-electron chi connectivity index (χ4n) is 0.865. The van der Waals surface area contributed by atoms with Crippen molar-refractivity contribution in [1.29, 1.82) is 0 Å². The third-order valence-corrected chi connectivity index (χ3v) is 1.51. The van der Waals surface area contributed by atoms with E-state index in [2.05, 4.69) is 28.7 Å². The van der Waals surface area contributed by atoms with Gasteiger partial charge in [0.15, 0.2) is 0 Å². The predicted octanol–water partition coefficient (Wildman–Crippen LogP) is 1.48. The maximum absolute atomic E-state index is 4.02. The molecule has 0 aliphatic rings. The van der Waals surface area contributed by atoms with Crippen LogP contribution < -0.4 is 0 Å². The Hall–Kier alpha value is -1.12. The van der Waals surface area contributed by atoms with Crippen LogP contribution in [0.4, 0.5) is 0 Å². The number of aromatic nitrogens is 3. The highest BCUT2D eigenvalue weighted by atomic mass is 15.2. The Bertz CT molecular complexity index is 191. The van der Waals surface area contributed by atoms with Crippen LogP contribution in [0.3, 0.4) is 0 Å². The van der Waals surface area contributed by atoms with E-state index in [0.29, 0.717) is 5.92 Å². The fourth-order valence-corrected chi connectivity index (χ4v) is 0.865. The van der Waals surface area contributed by atoms with Crippen molar-refractivity contribution in [3.63, 3.8) is 0 Å². The topological polar surface area (TPSA) is 41.6 Å². The molecule has 10 heavy (non-hydrogen) atoms. The Morgan fingerprint density at radius 3 is 3.10 bits per heavy atom. The summed E-state index contributed by atoms with van der Waals surface area (Å²) < 4.78 is 0. The Morgan fingerprint density at radius 1 is 1.90 bits per heavy atom. The van der Waals surface area contributed by atoms with Gasteiger partial charge in [0.05, 0.1) is 0 Å². The number of rotatable bonds is 3. The first-order valence-corrected chi connectivity index (χ1v) is 3.36. The molecule has 1 unspecified atom stereocenters. The van der Waals surface area contributed by atoms with E-state index in [9.17, 15) is 0 Å². The maximum Gasteiger partial charge on any atom is 0.137 e. The molecule has 0 saturated carbocycles. The molecule has 0 aliphatic heterocycles. The summed E-state index contributed by atoms with van der Waals surface area (Å²) in [7, 11) is 0. The first-order chi connectivity index (χ1) is 4.88. The second kappa shape index (κ2) is 3.15. The summed E-state index contributed by atoms with van der Waals surface area (Å²) in [5.41, 5.74) is 0. The normalized spacial score (nSPS) is 12.9. The van der Waals surface area contributed by atoms with E-state index in [1.807, 2.05) is 6.08 Å². The van der Waals surface area contributed by atoms with Crippen molar-refractivity contribution < 1.29 is 0 Å². The zero-order valence-electron chi connectivity index (χ0n) is 6.04. The number of nitrogens with zero attached hydrogens (tertiary/aromatic N) is 2. The lowest BCUT2D eigenvalue weighted by Crippen LogP contribution is -1.94. The SMILES string of the molecule is C=CC(CC)c1ncn[nH]1. The molecule has 1 heterocycles. The Kier molecular flexibility index (Phi) is 2.20. The van der Waals surface area contributed by atoms with E-state index in [-0.39, 0.29) is 0 Å². The quantitative estimate of drug-likeness (QED) is 0.641. The van der Waals surface area contributed by atoms with Crippen LogP contribution in [-0.4, -0.2) is 15.2 Å². The van der Waals surface area contributed by atoms with Crippen LogP contribution in [0, 0.1) is 0 Å². The minimum atomic E-state index is 0.322. The van der Waals surface area contributed by atoms with Crippen molar-refractivity contribution >= 4 is 0 Å². The van der Waals surface area contributed by atoms with Crippen molar-refractivity contribution in [2.45, 2.75) is 19.3 Å². The third kappa shape index (κ3) is 1.23. The maximum atomic E-state index is 4.02. The molecule has 1 atom stereocenters. The minimum absolute atomic E-state index is 0.322. The van der Waals surface area contributed by atoms with E-state index >= 15 is 0 Å². The van der Waals surface area contributed by atoms with E-state index < -0.39 is 0 Å². The number of nitrogens with one attached hydrogen (secondary N) is 1. The van der Waals surface area contributed by atoms with Crippen LogP contribution in [0.5, 0.6) is 0 Å². The molecule has 1 rings (SSSR count). The van der Waals surface area contributed by atoms with Crippen molar-refractivity contribution in [3.05, 3.63) is 24.8 Å². The van der Waals surface area contributed by atoms with Crippen LogP contribution in [0.2, 0.25) is 0 Å². The molecule has 0 saturated heterocycles. The largest absolute Gasteiger partial charge is 0.263 e. The lowest BCUT2D eigenvalue weighted by Gasteiger charge is -2.02. The first kappa shape index (κ1) is 6.99. The molecule has 0 fully saturated rings. The molecule has 1 aromatic heterocycles. The van der Waals surface area contributed by atoms with E-state index in [0.717, 1.165) is 12.2 Å². The molecule has 0 radical (unpaired) electrons. The molecule has 0 spiro atoms. The second-order valence-corrected chi connectivity index (χ2v) is 2.12. The van der Waals surface area contributed by atoms with Gasteiger partial charge in [-0.3, -0.25) is 5.10 Å². The van der Waals surface area contributed by atoms with Crippen molar-refractivity contribution in [2.75, 3.05) is 0 Å². The summed E-state index contributed by atoms with van der Waals surface area (Å²) in [6, 6.07) is 0. The van der Waals surface area contributed by atoms with Crippen LogP contribution in [0.25, 0.3) is 0 Å². The molecule has 0 aromatic carbocycles. The monoisotopic (exact) mass is 137 g/mol. The van der Waals surface area contributed by atoms with Gasteiger partial charge in [-0.15, -0.1) is 6.58 Å². The summed E-state index contributed by atoms with van der Waals surface area (Å²) >= 11 is 0. The minimum Gasteiger partial charge on any atom is -0.263 e. The van der Waals surface area contributed by atoms with Gasteiger partial charge in [-0.05, 0) is 6.42 Å². The molecule has 54 valence electrons. The van der Waals surface area contributed by atoms with Gasteiger partial charge >= 0.3 is 0 Å². The van der Waals surface area contributed by atoms with E-state index in [1.54, 1.807) is 0 Å². The molecule has 1 aromatic rings. The second-order valence-electron chi connectivity index (χ2n) is 2.12. The van der Waals surface area contributed by atoms with Crippen LogP contribution in [-0.2, 0) is 0 Å². The zero-order chi connectivity index (χ0) is 7.40. The summed E-state index contributed by atoms with van der Waals surface area (Å²) in [5.74, 6) is 1.22. The van der Waals surface area contributed by atoms with Gasteiger partial charge in [-0.1, -0.05) is 13.0 Å². The van der Waals surface area contributed by atoms with Crippen LogP contribution in [0.15, 0.2) is 19.0 Å². The van der Waals surface area contributed by atoms with Crippen LogP contribution in [0.1, 0.15) is 25.1 Å². The van der Waals surface area contributed by atoms with Crippen molar-refractivity contribution in [3.8, 4) is 0 Å². The molecular formula is C7H11N3. The Morgan fingerprint density at radius 2 is 2.70 bits per heavy atom. The predicted molar refractivity (Wildman–Crippen MR) is 39.6 cm³/mol. The highest BCUT2D eigenvalue weighted by molar-refractivity contribution is 5.01.